The number of alkyl halides is 1. The van der Waals surface area contributed by atoms with Crippen molar-refractivity contribution < 1.29 is 4.79 Å². The van der Waals surface area contributed by atoms with Gasteiger partial charge >= 0.3 is 0 Å². The summed E-state index contributed by atoms with van der Waals surface area (Å²) in [6.07, 6.45) is 6.40. The molecule has 1 amide bonds. The second-order valence-electron chi connectivity index (χ2n) is 5.30. The maximum atomic E-state index is 11.5. The molecule has 1 N–H and O–H groups in total. The van der Waals surface area contributed by atoms with Gasteiger partial charge < -0.3 is 5.32 Å². The molecule has 0 aliphatic heterocycles. The molecule has 2 atom stereocenters. The number of hydrogen-bond donors (Lipinski definition) is 1. The molecule has 16 heavy (non-hydrogen) atoms. The van der Waals surface area contributed by atoms with Crippen molar-refractivity contribution in [1.29, 1.82) is 0 Å². The minimum Gasteiger partial charge on any atom is -0.356 e. The van der Waals surface area contributed by atoms with E-state index in [0.29, 0.717) is 18.3 Å². The van der Waals surface area contributed by atoms with Gasteiger partial charge in [0.05, 0.1) is 0 Å². The maximum Gasteiger partial charge on any atom is 0.220 e. The van der Waals surface area contributed by atoms with E-state index in [1.807, 2.05) is 0 Å². The summed E-state index contributed by atoms with van der Waals surface area (Å²) in [6.45, 7) is 5.05. The normalized spacial score (nSPS) is 25.8. The zero-order chi connectivity index (χ0) is 12.0. The van der Waals surface area contributed by atoms with E-state index in [9.17, 15) is 4.79 Å². The van der Waals surface area contributed by atoms with Crippen molar-refractivity contribution in [2.24, 2.45) is 11.8 Å². The van der Waals surface area contributed by atoms with Crippen LogP contribution in [-0.2, 0) is 4.79 Å². The second-order valence-corrected chi connectivity index (χ2v) is 5.86. The third-order valence-electron chi connectivity index (χ3n) is 3.33. The van der Waals surface area contributed by atoms with E-state index < -0.39 is 0 Å². The molecule has 1 fully saturated rings. The Morgan fingerprint density at radius 1 is 1.38 bits per heavy atom. The van der Waals surface area contributed by atoms with Gasteiger partial charge in [0.15, 0.2) is 0 Å². The van der Waals surface area contributed by atoms with Crippen LogP contribution in [0.4, 0.5) is 0 Å². The number of nitrogens with one attached hydrogen (secondary N) is 1. The number of carbonyl (C=O) groups excluding carboxylic acids is 1. The third-order valence-corrected chi connectivity index (χ3v) is 3.90. The van der Waals surface area contributed by atoms with E-state index in [2.05, 4.69) is 19.2 Å². The highest BCUT2D eigenvalue weighted by atomic mass is 35.5. The Morgan fingerprint density at radius 3 is 2.69 bits per heavy atom. The molecule has 1 aliphatic rings. The Kier molecular flexibility index (Phi) is 6.18. The highest BCUT2D eigenvalue weighted by Gasteiger charge is 2.23. The smallest absolute Gasteiger partial charge is 0.220 e. The summed E-state index contributed by atoms with van der Waals surface area (Å²) in [6, 6.07) is 0. The van der Waals surface area contributed by atoms with Crippen LogP contribution in [0.2, 0.25) is 0 Å². The molecule has 0 spiro atoms. The molecule has 0 aromatic heterocycles. The lowest BCUT2D eigenvalue weighted by Crippen LogP contribution is -2.34. The van der Waals surface area contributed by atoms with Gasteiger partial charge in [-0.15, -0.1) is 11.6 Å². The van der Waals surface area contributed by atoms with Gasteiger partial charge in [-0.25, -0.2) is 0 Å². The summed E-state index contributed by atoms with van der Waals surface area (Å²) in [7, 11) is 0. The standard InChI is InChI=1S/C13H24ClNO/c1-10(2)7-8-13(16)15-9-11-5-3-4-6-12(11)14/h10-12H,3-9H2,1-2H3,(H,15,16). The molecular weight excluding hydrogens is 222 g/mol. The Bertz CT molecular complexity index is 218. The van der Waals surface area contributed by atoms with Crippen LogP contribution in [-0.4, -0.2) is 17.8 Å². The fourth-order valence-electron chi connectivity index (χ4n) is 2.15. The number of hydrogen-bond acceptors (Lipinski definition) is 1. The predicted molar refractivity (Wildman–Crippen MR) is 68.7 cm³/mol. The fourth-order valence-corrected chi connectivity index (χ4v) is 2.51. The summed E-state index contributed by atoms with van der Waals surface area (Å²) in [4.78, 5) is 11.5. The van der Waals surface area contributed by atoms with Crippen LogP contribution in [0.1, 0.15) is 52.4 Å². The zero-order valence-electron chi connectivity index (χ0n) is 10.5. The summed E-state index contributed by atoms with van der Waals surface area (Å²) in [5.41, 5.74) is 0. The maximum absolute atomic E-state index is 11.5. The Labute approximate surface area is 104 Å². The lowest BCUT2D eigenvalue weighted by Gasteiger charge is -2.27. The molecule has 2 unspecified atom stereocenters. The van der Waals surface area contributed by atoms with Gasteiger partial charge in [0.2, 0.25) is 5.91 Å². The topological polar surface area (TPSA) is 29.1 Å². The van der Waals surface area contributed by atoms with Gasteiger partial charge in [-0.2, -0.15) is 0 Å². The number of carbonyl (C=O) groups is 1. The third kappa shape index (κ3) is 5.20. The van der Waals surface area contributed by atoms with Crippen LogP contribution in [0.3, 0.4) is 0 Å². The second kappa shape index (κ2) is 7.16. The van der Waals surface area contributed by atoms with Gasteiger partial charge in [0.25, 0.3) is 0 Å². The first-order valence-corrected chi connectivity index (χ1v) is 6.94. The zero-order valence-corrected chi connectivity index (χ0v) is 11.2. The minimum absolute atomic E-state index is 0.183. The quantitative estimate of drug-likeness (QED) is 0.740. The molecule has 1 saturated carbocycles. The van der Waals surface area contributed by atoms with E-state index >= 15 is 0 Å². The van der Waals surface area contributed by atoms with Crippen LogP contribution in [0.15, 0.2) is 0 Å². The monoisotopic (exact) mass is 245 g/mol. The molecule has 0 aromatic rings. The van der Waals surface area contributed by atoms with Crippen molar-refractivity contribution in [3.63, 3.8) is 0 Å². The van der Waals surface area contributed by atoms with Gasteiger partial charge in [0, 0.05) is 18.3 Å². The summed E-state index contributed by atoms with van der Waals surface area (Å²) >= 11 is 6.24. The molecule has 94 valence electrons. The van der Waals surface area contributed by atoms with Crippen LogP contribution in [0.5, 0.6) is 0 Å². The van der Waals surface area contributed by atoms with Gasteiger partial charge in [-0.3, -0.25) is 4.79 Å². The summed E-state index contributed by atoms with van der Waals surface area (Å²) in [5, 5.41) is 3.28. The largest absolute Gasteiger partial charge is 0.356 e. The predicted octanol–water partition coefficient (Wildman–Crippen LogP) is 3.34. The Balaban J connectivity index is 2.15. The highest BCUT2D eigenvalue weighted by Crippen LogP contribution is 2.27. The van der Waals surface area contributed by atoms with Crippen LogP contribution in [0, 0.1) is 11.8 Å². The number of rotatable bonds is 5. The average molecular weight is 246 g/mol. The molecule has 0 saturated heterocycles. The van der Waals surface area contributed by atoms with Crippen molar-refractivity contribution in [2.45, 2.75) is 57.7 Å². The molecule has 1 aliphatic carbocycles. The van der Waals surface area contributed by atoms with E-state index in [-0.39, 0.29) is 11.3 Å². The molecule has 0 radical (unpaired) electrons. The van der Waals surface area contributed by atoms with E-state index in [1.54, 1.807) is 0 Å². The van der Waals surface area contributed by atoms with Crippen LogP contribution in [0.25, 0.3) is 0 Å². The Hall–Kier alpha value is -0.240. The van der Waals surface area contributed by atoms with Crippen molar-refractivity contribution in [1.82, 2.24) is 5.32 Å². The molecule has 1 rings (SSSR count). The first-order valence-electron chi connectivity index (χ1n) is 6.50. The van der Waals surface area contributed by atoms with Crippen molar-refractivity contribution in [3.05, 3.63) is 0 Å². The van der Waals surface area contributed by atoms with E-state index in [0.717, 1.165) is 19.4 Å². The molecule has 0 heterocycles. The van der Waals surface area contributed by atoms with Crippen LogP contribution < -0.4 is 5.32 Å². The SMILES string of the molecule is CC(C)CCC(=O)NCC1CCCCC1Cl. The molecule has 2 nitrogen and oxygen atoms in total. The first kappa shape index (κ1) is 13.8. The number of amides is 1. The summed E-state index contributed by atoms with van der Waals surface area (Å²) < 4.78 is 0. The Morgan fingerprint density at radius 2 is 2.06 bits per heavy atom. The first-order chi connectivity index (χ1) is 7.59. The molecule has 0 bridgehead atoms. The lowest BCUT2D eigenvalue weighted by atomic mass is 9.88. The molecular formula is C13H24ClNO. The number of halogens is 1. The fraction of sp³-hybridized carbons (Fsp3) is 0.923. The van der Waals surface area contributed by atoms with Crippen LogP contribution >= 0.6 is 11.6 Å². The highest BCUT2D eigenvalue weighted by molar-refractivity contribution is 6.20. The van der Waals surface area contributed by atoms with Crippen molar-refractivity contribution in [2.75, 3.05) is 6.54 Å². The lowest BCUT2D eigenvalue weighted by molar-refractivity contribution is -0.121. The van der Waals surface area contributed by atoms with E-state index in [4.69, 9.17) is 11.6 Å². The van der Waals surface area contributed by atoms with Crippen molar-refractivity contribution >= 4 is 17.5 Å². The van der Waals surface area contributed by atoms with E-state index in [1.165, 1.54) is 19.3 Å². The van der Waals surface area contributed by atoms with Gasteiger partial charge in [-0.1, -0.05) is 26.7 Å². The van der Waals surface area contributed by atoms with Gasteiger partial charge in [-0.05, 0) is 31.1 Å². The minimum atomic E-state index is 0.183. The van der Waals surface area contributed by atoms with Gasteiger partial charge in [0.1, 0.15) is 0 Å². The summed E-state index contributed by atoms with van der Waals surface area (Å²) in [5.74, 6) is 1.27. The van der Waals surface area contributed by atoms with Crippen molar-refractivity contribution in [3.8, 4) is 0 Å². The average Bonchev–Trinajstić information content (AvgIpc) is 2.25. The molecule has 3 heteroatoms. The molecule has 0 aromatic carbocycles.